The Balaban J connectivity index is 2.70. The number of rotatable bonds is 3. The third kappa shape index (κ3) is 2.68. The number of nitrogens with zero attached hydrogens (tertiary/aromatic N) is 1. The molecule has 0 bridgehead atoms. The number of carbonyl (C=O) groups is 1. The standard InChI is InChI=1S/C9H12ClN3O/c1-2-7(11)9(14)13-8-5-12-4-3-6(8)10/h3-5,7H,2,11H2,1H3,(H,13,14)/t7-/m1/s1. The summed E-state index contributed by atoms with van der Waals surface area (Å²) in [6, 6.07) is 1.10. The van der Waals surface area contributed by atoms with Crippen LogP contribution >= 0.6 is 11.6 Å². The minimum Gasteiger partial charge on any atom is -0.322 e. The molecule has 0 saturated heterocycles. The Kier molecular flexibility index (Phi) is 3.85. The molecule has 1 heterocycles. The second-order valence-corrected chi connectivity index (χ2v) is 3.27. The van der Waals surface area contributed by atoms with Crippen LogP contribution in [0.15, 0.2) is 18.5 Å². The van der Waals surface area contributed by atoms with Crippen molar-refractivity contribution in [1.82, 2.24) is 4.98 Å². The maximum absolute atomic E-state index is 11.4. The van der Waals surface area contributed by atoms with Crippen molar-refractivity contribution in [3.05, 3.63) is 23.5 Å². The molecule has 0 aromatic carbocycles. The van der Waals surface area contributed by atoms with Crippen molar-refractivity contribution in [1.29, 1.82) is 0 Å². The van der Waals surface area contributed by atoms with Gasteiger partial charge >= 0.3 is 0 Å². The molecule has 1 rings (SSSR count). The van der Waals surface area contributed by atoms with Gasteiger partial charge in [0.1, 0.15) is 0 Å². The highest BCUT2D eigenvalue weighted by Crippen LogP contribution is 2.19. The molecule has 0 aliphatic carbocycles. The van der Waals surface area contributed by atoms with Gasteiger partial charge in [-0.2, -0.15) is 0 Å². The molecule has 0 unspecified atom stereocenters. The van der Waals surface area contributed by atoms with E-state index in [0.717, 1.165) is 0 Å². The van der Waals surface area contributed by atoms with Gasteiger partial charge in [0.05, 0.1) is 22.9 Å². The molecule has 0 fully saturated rings. The Morgan fingerprint density at radius 1 is 1.79 bits per heavy atom. The number of anilines is 1. The molecule has 3 N–H and O–H groups in total. The largest absolute Gasteiger partial charge is 0.322 e. The molecule has 0 saturated carbocycles. The van der Waals surface area contributed by atoms with E-state index in [1.165, 1.54) is 6.20 Å². The lowest BCUT2D eigenvalue weighted by Gasteiger charge is -2.10. The number of carbonyl (C=O) groups excluding carboxylic acids is 1. The van der Waals surface area contributed by atoms with E-state index >= 15 is 0 Å². The van der Waals surface area contributed by atoms with Crippen molar-refractivity contribution in [2.45, 2.75) is 19.4 Å². The zero-order chi connectivity index (χ0) is 10.6. The fourth-order valence-electron chi connectivity index (χ4n) is 0.880. The number of hydrogen-bond acceptors (Lipinski definition) is 3. The first-order valence-corrected chi connectivity index (χ1v) is 4.69. The highest BCUT2D eigenvalue weighted by molar-refractivity contribution is 6.33. The van der Waals surface area contributed by atoms with Crippen molar-refractivity contribution < 1.29 is 4.79 Å². The van der Waals surface area contributed by atoms with Crippen LogP contribution in [0.2, 0.25) is 5.02 Å². The topological polar surface area (TPSA) is 68.0 Å². The van der Waals surface area contributed by atoms with Gasteiger partial charge in [0.2, 0.25) is 5.91 Å². The summed E-state index contributed by atoms with van der Waals surface area (Å²) in [5.74, 6) is -0.248. The van der Waals surface area contributed by atoms with Gasteiger partial charge in [-0.3, -0.25) is 9.78 Å². The second kappa shape index (κ2) is 4.93. The lowest BCUT2D eigenvalue weighted by atomic mass is 10.2. The quantitative estimate of drug-likeness (QED) is 0.798. The lowest BCUT2D eigenvalue weighted by Crippen LogP contribution is -2.34. The van der Waals surface area contributed by atoms with Crippen LogP contribution in [0.3, 0.4) is 0 Å². The average Bonchev–Trinajstić information content (AvgIpc) is 2.20. The molecular formula is C9H12ClN3O. The summed E-state index contributed by atoms with van der Waals surface area (Å²) in [5.41, 5.74) is 6.03. The molecule has 0 aliphatic rings. The normalized spacial score (nSPS) is 12.2. The minimum atomic E-state index is -0.508. The van der Waals surface area contributed by atoms with Gasteiger partial charge in [0.25, 0.3) is 0 Å². The first-order valence-electron chi connectivity index (χ1n) is 4.31. The van der Waals surface area contributed by atoms with Gasteiger partial charge in [-0.15, -0.1) is 0 Å². The Hall–Kier alpha value is -1.13. The Bertz CT molecular complexity index is 330. The molecule has 5 heteroatoms. The predicted molar refractivity (Wildman–Crippen MR) is 56.1 cm³/mol. The molecule has 0 aliphatic heterocycles. The number of nitrogens with one attached hydrogen (secondary N) is 1. The Morgan fingerprint density at radius 3 is 3.07 bits per heavy atom. The van der Waals surface area contributed by atoms with E-state index in [4.69, 9.17) is 17.3 Å². The Labute approximate surface area is 87.5 Å². The summed E-state index contributed by atoms with van der Waals surface area (Å²) < 4.78 is 0. The third-order valence-corrected chi connectivity index (χ3v) is 2.13. The summed E-state index contributed by atoms with van der Waals surface area (Å²) in [6.45, 7) is 1.84. The highest BCUT2D eigenvalue weighted by atomic mass is 35.5. The number of nitrogens with two attached hydrogens (primary N) is 1. The lowest BCUT2D eigenvalue weighted by molar-refractivity contribution is -0.117. The number of aromatic nitrogens is 1. The first kappa shape index (κ1) is 10.9. The second-order valence-electron chi connectivity index (χ2n) is 2.86. The van der Waals surface area contributed by atoms with Crippen LogP contribution < -0.4 is 11.1 Å². The van der Waals surface area contributed by atoms with Crippen molar-refractivity contribution in [2.24, 2.45) is 5.73 Å². The monoisotopic (exact) mass is 213 g/mol. The molecule has 1 atom stereocenters. The summed E-state index contributed by atoms with van der Waals surface area (Å²) in [4.78, 5) is 15.2. The van der Waals surface area contributed by atoms with E-state index in [9.17, 15) is 4.79 Å². The first-order chi connectivity index (χ1) is 6.65. The van der Waals surface area contributed by atoms with Crippen LogP contribution in [0, 0.1) is 0 Å². The molecule has 1 amide bonds. The zero-order valence-corrected chi connectivity index (χ0v) is 8.58. The fraction of sp³-hybridized carbons (Fsp3) is 0.333. The molecule has 0 radical (unpaired) electrons. The molecule has 1 aromatic rings. The maximum Gasteiger partial charge on any atom is 0.241 e. The molecule has 1 aromatic heterocycles. The van der Waals surface area contributed by atoms with Crippen LogP contribution in [0.25, 0.3) is 0 Å². The SMILES string of the molecule is CC[C@@H](N)C(=O)Nc1cnccc1Cl. The molecule has 0 spiro atoms. The highest BCUT2D eigenvalue weighted by Gasteiger charge is 2.12. The predicted octanol–water partition coefficient (Wildman–Crippen LogP) is 1.41. The summed E-state index contributed by atoms with van der Waals surface area (Å²) >= 11 is 5.82. The van der Waals surface area contributed by atoms with Crippen molar-refractivity contribution in [3.8, 4) is 0 Å². The summed E-state index contributed by atoms with van der Waals surface area (Å²) in [5, 5.41) is 3.06. The molecule has 4 nitrogen and oxygen atoms in total. The number of amides is 1. The van der Waals surface area contributed by atoms with E-state index in [-0.39, 0.29) is 5.91 Å². The number of pyridine rings is 1. The smallest absolute Gasteiger partial charge is 0.241 e. The van der Waals surface area contributed by atoms with Gasteiger partial charge in [-0.25, -0.2) is 0 Å². The van der Waals surface area contributed by atoms with Crippen LogP contribution in [0.5, 0.6) is 0 Å². The Morgan fingerprint density at radius 2 is 2.50 bits per heavy atom. The fourth-order valence-corrected chi connectivity index (χ4v) is 1.03. The van der Waals surface area contributed by atoms with Crippen molar-refractivity contribution in [2.75, 3.05) is 5.32 Å². The summed E-state index contributed by atoms with van der Waals surface area (Å²) in [7, 11) is 0. The maximum atomic E-state index is 11.4. The zero-order valence-electron chi connectivity index (χ0n) is 7.83. The summed E-state index contributed by atoms with van der Waals surface area (Å²) in [6.07, 6.45) is 3.63. The van der Waals surface area contributed by atoms with E-state index in [1.807, 2.05) is 6.92 Å². The average molecular weight is 214 g/mol. The molecule has 14 heavy (non-hydrogen) atoms. The van der Waals surface area contributed by atoms with Gasteiger partial charge < -0.3 is 11.1 Å². The minimum absolute atomic E-state index is 0.248. The van der Waals surface area contributed by atoms with Crippen LogP contribution in [-0.4, -0.2) is 16.9 Å². The van der Waals surface area contributed by atoms with E-state index in [1.54, 1.807) is 12.3 Å². The van der Waals surface area contributed by atoms with Crippen molar-refractivity contribution >= 4 is 23.2 Å². The molecular weight excluding hydrogens is 202 g/mol. The number of halogens is 1. The van der Waals surface area contributed by atoms with E-state index in [0.29, 0.717) is 17.1 Å². The van der Waals surface area contributed by atoms with E-state index < -0.39 is 6.04 Å². The van der Waals surface area contributed by atoms with Gasteiger partial charge in [-0.05, 0) is 12.5 Å². The van der Waals surface area contributed by atoms with E-state index in [2.05, 4.69) is 10.3 Å². The number of hydrogen-bond donors (Lipinski definition) is 2. The van der Waals surface area contributed by atoms with Gasteiger partial charge in [0, 0.05) is 6.20 Å². The van der Waals surface area contributed by atoms with Crippen LogP contribution in [-0.2, 0) is 4.79 Å². The van der Waals surface area contributed by atoms with Crippen molar-refractivity contribution in [3.63, 3.8) is 0 Å². The van der Waals surface area contributed by atoms with Gasteiger partial charge in [-0.1, -0.05) is 18.5 Å². The van der Waals surface area contributed by atoms with Crippen LogP contribution in [0.4, 0.5) is 5.69 Å². The third-order valence-electron chi connectivity index (χ3n) is 1.80. The molecule has 76 valence electrons. The van der Waals surface area contributed by atoms with Gasteiger partial charge in [0.15, 0.2) is 0 Å². The van der Waals surface area contributed by atoms with Crippen LogP contribution in [0.1, 0.15) is 13.3 Å².